The number of nitrogens with one attached hydrogen (secondary N) is 1. The van der Waals surface area contributed by atoms with Crippen LogP contribution < -0.4 is 5.32 Å². The van der Waals surface area contributed by atoms with E-state index < -0.39 is 6.09 Å². The van der Waals surface area contributed by atoms with Gasteiger partial charge < -0.3 is 10.4 Å². The molecule has 0 aliphatic heterocycles. The first-order valence-corrected chi connectivity index (χ1v) is 10.9. The monoisotopic (exact) mass is 394 g/mol. The molecule has 4 nitrogen and oxygen atoms in total. The Balaban J connectivity index is 1.59. The van der Waals surface area contributed by atoms with E-state index in [1.807, 2.05) is 0 Å². The minimum Gasteiger partial charge on any atom is -0.465 e. The van der Waals surface area contributed by atoms with E-state index in [0.29, 0.717) is 24.4 Å². The predicted octanol–water partition coefficient (Wildman–Crippen LogP) is 5.54. The first-order valence-electron chi connectivity index (χ1n) is 10.9. The number of hydrogen-bond donors (Lipinski definition) is 2. The second-order valence-corrected chi connectivity index (χ2v) is 8.42. The van der Waals surface area contributed by atoms with Crippen LogP contribution in [-0.2, 0) is 13.1 Å². The summed E-state index contributed by atoms with van der Waals surface area (Å²) >= 11 is 0. The molecule has 1 aliphatic carbocycles. The Morgan fingerprint density at radius 1 is 0.966 bits per heavy atom. The Labute approximate surface area is 174 Å². The Bertz CT molecular complexity index is 686. The van der Waals surface area contributed by atoms with E-state index in [-0.39, 0.29) is 0 Å². The summed E-state index contributed by atoms with van der Waals surface area (Å²) in [5.41, 5.74) is 2.73. The van der Waals surface area contributed by atoms with Gasteiger partial charge >= 0.3 is 6.09 Å². The van der Waals surface area contributed by atoms with E-state index in [0.717, 1.165) is 19.5 Å². The summed E-state index contributed by atoms with van der Waals surface area (Å²) in [5.74, 6) is 1.35. The molecule has 2 aromatic rings. The quantitative estimate of drug-likeness (QED) is 0.587. The zero-order valence-corrected chi connectivity index (χ0v) is 17.5. The van der Waals surface area contributed by atoms with Crippen molar-refractivity contribution in [3.63, 3.8) is 0 Å². The van der Waals surface area contributed by atoms with Gasteiger partial charge in [-0.05, 0) is 49.1 Å². The van der Waals surface area contributed by atoms with Gasteiger partial charge in [-0.2, -0.15) is 0 Å². The summed E-state index contributed by atoms with van der Waals surface area (Å²) < 4.78 is 0. The summed E-state index contributed by atoms with van der Waals surface area (Å²) in [4.78, 5) is 13.3. The van der Waals surface area contributed by atoms with Crippen molar-refractivity contribution < 1.29 is 9.90 Å². The van der Waals surface area contributed by atoms with Crippen LogP contribution in [0.3, 0.4) is 0 Å². The van der Waals surface area contributed by atoms with Gasteiger partial charge in [0.15, 0.2) is 0 Å². The second-order valence-electron chi connectivity index (χ2n) is 8.42. The SMILES string of the molecule is C[C@@H](C1CCC(CCNC(=O)O)CC1)N(Cc1ccccc1)Cc1ccccc1. The molecule has 2 aromatic carbocycles. The van der Waals surface area contributed by atoms with Crippen molar-refractivity contribution in [2.75, 3.05) is 6.54 Å². The molecule has 4 heteroatoms. The molecule has 0 spiro atoms. The molecule has 0 bridgehead atoms. The Hall–Kier alpha value is -2.33. The van der Waals surface area contributed by atoms with Crippen molar-refractivity contribution in [3.05, 3.63) is 71.8 Å². The fraction of sp³-hybridized carbons (Fsp3) is 0.480. The Morgan fingerprint density at radius 3 is 1.97 bits per heavy atom. The van der Waals surface area contributed by atoms with Gasteiger partial charge in [0, 0.05) is 25.7 Å². The third kappa shape index (κ3) is 6.90. The largest absolute Gasteiger partial charge is 0.465 e. The highest BCUT2D eigenvalue weighted by atomic mass is 16.4. The number of carbonyl (C=O) groups is 1. The molecule has 0 radical (unpaired) electrons. The molecule has 0 heterocycles. The lowest BCUT2D eigenvalue weighted by atomic mass is 9.77. The molecular weight excluding hydrogens is 360 g/mol. The maximum absolute atomic E-state index is 10.6. The summed E-state index contributed by atoms with van der Waals surface area (Å²) in [6, 6.07) is 22.0. The molecule has 1 amide bonds. The van der Waals surface area contributed by atoms with Gasteiger partial charge in [-0.1, -0.05) is 73.5 Å². The number of amides is 1. The van der Waals surface area contributed by atoms with E-state index in [1.54, 1.807) is 0 Å². The van der Waals surface area contributed by atoms with Gasteiger partial charge in [0.05, 0.1) is 0 Å². The number of nitrogens with zero attached hydrogens (tertiary/aromatic N) is 1. The summed E-state index contributed by atoms with van der Waals surface area (Å²) in [5, 5.41) is 11.3. The minimum atomic E-state index is -0.912. The van der Waals surface area contributed by atoms with Crippen LogP contribution in [-0.4, -0.2) is 28.7 Å². The fourth-order valence-electron chi connectivity index (χ4n) is 4.62. The topological polar surface area (TPSA) is 52.6 Å². The normalized spacial score (nSPS) is 20.3. The van der Waals surface area contributed by atoms with Crippen molar-refractivity contribution >= 4 is 6.09 Å². The van der Waals surface area contributed by atoms with Gasteiger partial charge in [-0.3, -0.25) is 4.90 Å². The lowest BCUT2D eigenvalue weighted by Gasteiger charge is -2.39. The maximum Gasteiger partial charge on any atom is 0.404 e. The fourth-order valence-corrected chi connectivity index (χ4v) is 4.62. The lowest BCUT2D eigenvalue weighted by Crippen LogP contribution is -2.39. The Morgan fingerprint density at radius 2 is 1.48 bits per heavy atom. The van der Waals surface area contributed by atoms with E-state index in [4.69, 9.17) is 5.11 Å². The standard InChI is InChI=1S/C25H34N2O2/c1-20(24-14-12-21(13-15-24)16-17-26-25(28)29)27(18-22-8-4-2-5-9-22)19-23-10-6-3-7-11-23/h2-11,20-21,24,26H,12-19H2,1H3,(H,28,29)/t20-,21?,24?/m0/s1. The first kappa shape index (κ1) is 21.4. The average molecular weight is 395 g/mol. The van der Waals surface area contributed by atoms with Gasteiger partial charge in [0.25, 0.3) is 0 Å². The van der Waals surface area contributed by atoms with Crippen molar-refractivity contribution in [1.82, 2.24) is 10.2 Å². The van der Waals surface area contributed by atoms with Crippen molar-refractivity contribution in [1.29, 1.82) is 0 Å². The first-order chi connectivity index (χ1) is 14.1. The van der Waals surface area contributed by atoms with Crippen molar-refractivity contribution in [2.45, 2.75) is 58.2 Å². The number of hydrogen-bond acceptors (Lipinski definition) is 2. The number of carboxylic acid groups (broad SMARTS) is 1. The van der Waals surface area contributed by atoms with Crippen LogP contribution >= 0.6 is 0 Å². The molecule has 3 rings (SSSR count). The molecule has 1 saturated carbocycles. The smallest absolute Gasteiger partial charge is 0.404 e. The van der Waals surface area contributed by atoms with Crippen LogP contribution in [0.4, 0.5) is 4.79 Å². The zero-order valence-electron chi connectivity index (χ0n) is 17.5. The number of rotatable bonds is 9. The highest BCUT2D eigenvalue weighted by molar-refractivity contribution is 5.64. The molecule has 1 aliphatic rings. The maximum atomic E-state index is 10.6. The van der Waals surface area contributed by atoms with Crippen LogP contribution in [0, 0.1) is 11.8 Å². The predicted molar refractivity (Wildman–Crippen MR) is 118 cm³/mol. The molecular formula is C25H34N2O2. The van der Waals surface area contributed by atoms with Crippen molar-refractivity contribution in [2.24, 2.45) is 11.8 Å². The van der Waals surface area contributed by atoms with Gasteiger partial charge in [0.2, 0.25) is 0 Å². The van der Waals surface area contributed by atoms with Crippen molar-refractivity contribution in [3.8, 4) is 0 Å². The summed E-state index contributed by atoms with van der Waals surface area (Å²) in [6.45, 7) is 4.91. The molecule has 2 N–H and O–H groups in total. The molecule has 29 heavy (non-hydrogen) atoms. The van der Waals surface area contributed by atoms with Gasteiger partial charge in [-0.15, -0.1) is 0 Å². The van der Waals surface area contributed by atoms with E-state index >= 15 is 0 Å². The minimum absolute atomic E-state index is 0.522. The molecule has 1 fully saturated rings. The Kier molecular flexibility index (Phi) is 8.12. The van der Waals surface area contributed by atoms with E-state index in [9.17, 15) is 4.79 Å². The van der Waals surface area contributed by atoms with Crippen LogP contribution in [0.15, 0.2) is 60.7 Å². The van der Waals surface area contributed by atoms with Crippen LogP contribution in [0.1, 0.15) is 50.2 Å². The van der Waals surface area contributed by atoms with Crippen LogP contribution in [0.5, 0.6) is 0 Å². The zero-order chi connectivity index (χ0) is 20.5. The highest BCUT2D eigenvalue weighted by Gasteiger charge is 2.28. The summed E-state index contributed by atoms with van der Waals surface area (Å²) in [6.07, 6.45) is 4.94. The molecule has 0 unspecified atom stereocenters. The molecule has 0 aromatic heterocycles. The average Bonchev–Trinajstić information content (AvgIpc) is 2.74. The molecule has 156 valence electrons. The molecule has 0 saturated heterocycles. The summed E-state index contributed by atoms with van der Waals surface area (Å²) in [7, 11) is 0. The third-order valence-corrected chi connectivity index (χ3v) is 6.44. The van der Waals surface area contributed by atoms with Gasteiger partial charge in [0.1, 0.15) is 0 Å². The van der Waals surface area contributed by atoms with Crippen LogP contribution in [0.25, 0.3) is 0 Å². The lowest BCUT2D eigenvalue weighted by molar-refractivity contribution is 0.102. The van der Waals surface area contributed by atoms with E-state index in [1.165, 1.54) is 36.8 Å². The van der Waals surface area contributed by atoms with Gasteiger partial charge in [-0.25, -0.2) is 4.79 Å². The highest BCUT2D eigenvalue weighted by Crippen LogP contribution is 2.34. The van der Waals surface area contributed by atoms with E-state index in [2.05, 4.69) is 77.8 Å². The molecule has 1 atom stereocenters. The third-order valence-electron chi connectivity index (χ3n) is 6.44. The number of benzene rings is 2. The van der Waals surface area contributed by atoms with Crippen LogP contribution in [0.2, 0.25) is 0 Å². The second kappa shape index (κ2) is 11.0.